The largest absolute Gasteiger partial charge is 0.435 e. The van der Waals surface area contributed by atoms with Gasteiger partial charge in [0, 0.05) is 0 Å². The molecule has 0 N–H and O–H groups in total. The fourth-order valence-electron chi connectivity index (χ4n) is 11.2. The molecule has 3 saturated carbocycles. The molecule has 0 heterocycles. The van der Waals surface area contributed by atoms with Crippen LogP contribution in [-0.2, 0) is 0 Å². The van der Waals surface area contributed by atoms with Crippen LogP contribution in [0.1, 0.15) is 248 Å². The van der Waals surface area contributed by atoms with E-state index in [2.05, 4.69) is 35.0 Å². The van der Waals surface area contributed by atoms with Gasteiger partial charge < -0.3 is 14.2 Å². The van der Waals surface area contributed by atoms with Crippen molar-refractivity contribution >= 4 is 0 Å². The van der Waals surface area contributed by atoms with E-state index in [0.29, 0.717) is 17.8 Å². The fraction of sp³-hybridized carbons (Fsp3) is 0.700. The predicted molar refractivity (Wildman–Crippen MR) is 273 cm³/mol. The lowest BCUT2D eigenvalue weighted by molar-refractivity contribution is -0.0505. The highest BCUT2D eigenvalue weighted by Gasteiger charge is 2.25. The van der Waals surface area contributed by atoms with E-state index in [1.54, 1.807) is 36.4 Å². The summed E-state index contributed by atoms with van der Waals surface area (Å²) < 4.78 is 86.2. The van der Waals surface area contributed by atoms with E-state index in [-0.39, 0.29) is 17.2 Å². The highest BCUT2D eigenvalue weighted by atomic mass is 19.3. The van der Waals surface area contributed by atoms with Crippen LogP contribution < -0.4 is 14.2 Å². The van der Waals surface area contributed by atoms with E-state index in [9.17, 15) is 26.3 Å². The quantitative estimate of drug-likeness (QED) is 0.0563. The Morgan fingerprint density at radius 2 is 0.536 bits per heavy atom. The first-order valence-electron chi connectivity index (χ1n) is 27.7. The fourth-order valence-corrected chi connectivity index (χ4v) is 11.2. The molecule has 0 unspecified atom stereocenters. The highest BCUT2D eigenvalue weighted by Crippen LogP contribution is 2.41. The lowest BCUT2D eigenvalue weighted by atomic mass is 9.77. The smallest absolute Gasteiger partial charge is 0.387 e. The second kappa shape index (κ2) is 34.9. The van der Waals surface area contributed by atoms with Gasteiger partial charge in [-0.1, -0.05) is 173 Å². The molecule has 0 aromatic heterocycles. The van der Waals surface area contributed by atoms with Crippen molar-refractivity contribution in [2.45, 2.75) is 251 Å². The second-order valence-corrected chi connectivity index (χ2v) is 20.6. The Morgan fingerprint density at radius 3 is 0.768 bits per heavy atom. The van der Waals surface area contributed by atoms with Crippen molar-refractivity contribution < 1.29 is 40.6 Å². The summed E-state index contributed by atoms with van der Waals surface area (Å²) in [4.78, 5) is 0. The summed E-state index contributed by atoms with van der Waals surface area (Å²) in [5.74, 6) is 5.22. The van der Waals surface area contributed by atoms with Gasteiger partial charge in [-0.3, -0.25) is 0 Å². The molecule has 3 aromatic rings. The van der Waals surface area contributed by atoms with Gasteiger partial charge in [0.1, 0.15) is 17.2 Å². The third-order valence-corrected chi connectivity index (χ3v) is 15.4. The Balaban J connectivity index is 0.000000226. The summed E-state index contributed by atoms with van der Waals surface area (Å²) in [6.07, 6.45) is 40.0. The van der Waals surface area contributed by atoms with Gasteiger partial charge in [-0.05, 0) is 166 Å². The van der Waals surface area contributed by atoms with Crippen LogP contribution in [0.25, 0.3) is 0 Å². The number of rotatable bonds is 27. The van der Waals surface area contributed by atoms with Crippen LogP contribution in [0.3, 0.4) is 0 Å². The number of halogens is 6. The predicted octanol–water partition coefficient (Wildman–Crippen LogP) is 20.8. The molecular weight excluding hydrogens is 883 g/mol. The molecule has 0 radical (unpaired) electrons. The zero-order valence-corrected chi connectivity index (χ0v) is 42.8. The van der Waals surface area contributed by atoms with Gasteiger partial charge in [0.05, 0.1) is 0 Å². The lowest BCUT2D eigenvalue weighted by Crippen LogP contribution is -2.13. The first-order valence-corrected chi connectivity index (χ1v) is 27.7. The van der Waals surface area contributed by atoms with Gasteiger partial charge >= 0.3 is 19.8 Å². The Bertz CT molecular complexity index is 1660. The average Bonchev–Trinajstić information content (AvgIpc) is 3.35. The normalized spacial score (nSPS) is 21.6. The number of unbranched alkanes of at least 4 members (excludes halogenated alkanes) is 12. The first kappa shape index (κ1) is 58.2. The van der Waals surface area contributed by atoms with Crippen molar-refractivity contribution in [3.05, 3.63) is 89.5 Å². The number of alkyl halides is 6. The maximum Gasteiger partial charge on any atom is 0.387 e. The molecule has 0 saturated heterocycles. The average molecular weight is 973 g/mol. The van der Waals surface area contributed by atoms with Gasteiger partial charge in [-0.25, -0.2) is 0 Å². The molecule has 0 aliphatic heterocycles. The van der Waals surface area contributed by atoms with Crippen molar-refractivity contribution in [3.63, 3.8) is 0 Å². The summed E-state index contributed by atoms with van der Waals surface area (Å²) in [7, 11) is 0. The molecule has 390 valence electrons. The van der Waals surface area contributed by atoms with Gasteiger partial charge in [-0.2, -0.15) is 26.3 Å². The zero-order valence-electron chi connectivity index (χ0n) is 42.8. The van der Waals surface area contributed by atoms with Crippen molar-refractivity contribution in [1.82, 2.24) is 0 Å². The van der Waals surface area contributed by atoms with E-state index in [1.165, 1.54) is 209 Å². The van der Waals surface area contributed by atoms with Gasteiger partial charge in [0.2, 0.25) is 0 Å². The van der Waals surface area contributed by atoms with E-state index >= 15 is 0 Å². The van der Waals surface area contributed by atoms with Crippen molar-refractivity contribution in [2.24, 2.45) is 17.8 Å². The third kappa shape index (κ3) is 24.6. The molecule has 3 aliphatic rings. The Labute approximate surface area is 414 Å². The maximum absolute atomic E-state index is 12.2. The van der Waals surface area contributed by atoms with Crippen LogP contribution in [0.15, 0.2) is 72.8 Å². The number of hydrogen-bond donors (Lipinski definition) is 0. The topological polar surface area (TPSA) is 27.7 Å². The maximum atomic E-state index is 12.2. The summed E-state index contributed by atoms with van der Waals surface area (Å²) in [5.41, 5.74) is 3.81. The van der Waals surface area contributed by atoms with Gasteiger partial charge in [-0.15, -0.1) is 0 Å². The molecule has 0 spiro atoms. The number of hydrogen-bond acceptors (Lipinski definition) is 3. The molecule has 3 aliphatic carbocycles. The SMILES string of the molecule is CCCCCCC1CCC(c2ccc(OC(F)F)cc2)CC1.CCCCCCCC1CCC(c2ccc(OC(F)F)cc2)CC1.CCCCCCCCC1CCC(c2ccc(OC(F)F)cc2)CC1. The van der Waals surface area contributed by atoms with Crippen LogP contribution in [-0.4, -0.2) is 19.8 Å². The zero-order chi connectivity index (χ0) is 49.5. The summed E-state index contributed by atoms with van der Waals surface area (Å²) >= 11 is 0. The number of ether oxygens (including phenoxy) is 3. The van der Waals surface area contributed by atoms with Crippen molar-refractivity contribution in [3.8, 4) is 17.2 Å². The monoisotopic (exact) mass is 973 g/mol. The Morgan fingerprint density at radius 1 is 0.319 bits per heavy atom. The lowest BCUT2D eigenvalue weighted by Gasteiger charge is -2.29. The molecule has 0 bridgehead atoms. The molecule has 69 heavy (non-hydrogen) atoms. The number of benzene rings is 3. The molecule has 0 atom stereocenters. The van der Waals surface area contributed by atoms with Crippen molar-refractivity contribution in [1.29, 1.82) is 0 Å². The summed E-state index contributed by atoms with van der Waals surface area (Å²) in [5, 5.41) is 0. The standard InChI is InChI=1S/C21H32F2O.C20H30F2O.C19H28F2O/c1-2-3-4-5-6-7-8-17-9-11-18(12-10-17)19-13-15-20(16-14-19)24-21(22)23;1-2-3-4-5-6-7-16-8-10-17(11-9-16)18-12-14-19(15-13-18)23-20(21)22;1-2-3-4-5-6-15-7-9-16(10-8-15)17-11-13-18(14-12-17)22-19(20)21/h13-18,21H,2-12H2,1H3;12-17,20H,2-11H2,1H3;11-16,19H,2-10H2,1H3. The minimum atomic E-state index is -2.74. The molecule has 6 rings (SSSR count). The van der Waals surface area contributed by atoms with Crippen molar-refractivity contribution in [2.75, 3.05) is 0 Å². The molecule has 3 nitrogen and oxygen atoms in total. The summed E-state index contributed by atoms with van der Waals surface area (Å²) in [6, 6.07) is 21.7. The van der Waals surface area contributed by atoms with Gasteiger partial charge in [0.15, 0.2) is 0 Å². The Kier molecular flexibility index (Phi) is 29.4. The van der Waals surface area contributed by atoms with Crippen LogP contribution in [0.5, 0.6) is 17.2 Å². The Hall–Kier alpha value is -3.36. The van der Waals surface area contributed by atoms with Crippen LogP contribution >= 0.6 is 0 Å². The highest BCUT2D eigenvalue weighted by molar-refractivity contribution is 5.31. The molecule has 3 aromatic carbocycles. The van der Waals surface area contributed by atoms with Crippen LogP contribution in [0, 0.1) is 17.8 Å². The summed E-state index contributed by atoms with van der Waals surface area (Å²) in [6.45, 7) is -1.45. The van der Waals surface area contributed by atoms with E-state index in [0.717, 1.165) is 17.8 Å². The molecular formula is C60H90F6O3. The van der Waals surface area contributed by atoms with E-state index in [1.807, 2.05) is 36.4 Å². The second-order valence-electron chi connectivity index (χ2n) is 20.6. The minimum Gasteiger partial charge on any atom is -0.435 e. The van der Waals surface area contributed by atoms with Gasteiger partial charge in [0.25, 0.3) is 0 Å². The van der Waals surface area contributed by atoms with Crippen LogP contribution in [0.4, 0.5) is 26.3 Å². The molecule has 0 amide bonds. The van der Waals surface area contributed by atoms with E-state index in [4.69, 9.17) is 0 Å². The first-order chi connectivity index (χ1) is 33.6. The molecule has 9 heteroatoms. The third-order valence-electron chi connectivity index (χ3n) is 15.4. The van der Waals surface area contributed by atoms with E-state index < -0.39 is 19.8 Å². The minimum absolute atomic E-state index is 0.253. The van der Waals surface area contributed by atoms with Crippen LogP contribution in [0.2, 0.25) is 0 Å². The molecule has 3 fully saturated rings.